The van der Waals surface area contributed by atoms with Gasteiger partial charge in [0.15, 0.2) is 0 Å². The van der Waals surface area contributed by atoms with E-state index in [2.05, 4.69) is 24.2 Å². The predicted molar refractivity (Wildman–Crippen MR) is 68.8 cm³/mol. The number of halogens is 2. The van der Waals surface area contributed by atoms with Crippen molar-refractivity contribution in [1.29, 1.82) is 0 Å². The fraction of sp³-hybridized carbons (Fsp3) is 0.538. The van der Waals surface area contributed by atoms with Gasteiger partial charge in [0.05, 0.1) is 0 Å². The summed E-state index contributed by atoms with van der Waals surface area (Å²) in [5.41, 5.74) is 3.16. The average molecular weight is 257 g/mol. The van der Waals surface area contributed by atoms with Gasteiger partial charge in [0.25, 0.3) is 0 Å². The van der Waals surface area contributed by atoms with Crippen LogP contribution in [0.5, 0.6) is 0 Å². The van der Waals surface area contributed by atoms with Gasteiger partial charge in [-0.3, -0.25) is 11.3 Å². The number of nitrogens with two attached hydrogens (primary N) is 1. The molecule has 0 aliphatic rings. The number of benzene rings is 1. The molecular weight excluding hydrogens is 236 g/mol. The van der Waals surface area contributed by atoms with E-state index >= 15 is 0 Å². The van der Waals surface area contributed by atoms with E-state index in [-0.39, 0.29) is 6.04 Å². The maximum Gasteiger partial charge on any atom is 0.126 e. The van der Waals surface area contributed by atoms with Gasteiger partial charge in [0.2, 0.25) is 0 Å². The Labute approximate surface area is 107 Å². The fourth-order valence-electron chi connectivity index (χ4n) is 1.97. The Morgan fingerprint density at radius 2 is 1.72 bits per heavy atom. The van der Waals surface area contributed by atoms with Crippen molar-refractivity contribution < 1.29 is 8.78 Å². The molecule has 18 heavy (non-hydrogen) atoms. The first-order chi connectivity index (χ1) is 8.60. The second-order valence-corrected chi connectivity index (χ2v) is 4.24. The van der Waals surface area contributed by atoms with E-state index in [1.54, 1.807) is 0 Å². The Morgan fingerprint density at radius 3 is 2.17 bits per heavy atom. The molecule has 0 amide bonds. The third kappa shape index (κ3) is 4.33. The maximum atomic E-state index is 13.1. The highest BCUT2D eigenvalue weighted by Gasteiger charge is 2.13. The number of hydrogen-bond acceptors (Lipinski definition) is 3. The molecule has 3 N–H and O–H groups in total. The zero-order valence-electron chi connectivity index (χ0n) is 10.9. The summed E-state index contributed by atoms with van der Waals surface area (Å²) in [7, 11) is 0. The summed E-state index contributed by atoms with van der Waals surface area (Å²) in [6.07, 6.45) is 0.709. The summed E-state index contributed by atoms with van der Waals surface area (Å²) >= 11 is 0. The molecule has 5 heteroatoms. The molecule has 0 radical (unpaired) electrons. The summed E-state index contributed by atoms with van der Waals surface area (Å²) in [6.45, 7) is 6.89. The standard InChI is InChI=1S/C13H21F2N3/c1-3-18(4-2)6-5-13(17-16)10-7-11(14)9-12(15)8-10/h7-9,13,17H,3-6,16H2,1-2H3. The summed E-state index contributed by atoms with van der Waals surface area (Å²) < 4.78 is 26.3. The number of rotatable bonds is 7. The summed E-state index contributed by atoms with van der Waals surface area (Å²) in [4.78, 5) is 2.24. The van der Waals surface area contributed by atoms with Gasteiger partial charge in [-0.05, 0) is 43.8 Å². The molecule has 0 bridgehead atoms. The van der Waals surface area contributed by atoms with Crippen LogP contribution in [0.3, 0.4) is 0 Å². The second-order valence-electron chi connectivity index (χ2n) is 4.24. The van der Waals surface area contributed by atoms with E-state index in [4.69, 9.17) is 5.84 Å². The fourth-order valence-corrected chi connectivity index (χ4v) is 1.97. The van der Waals surface area contributed by atoms with Gasteiger partial charge >= 0.3 is 0 Å². The third-order valence-corrected chi connectivity index (χ3v) is 3.12. The Balaban J connectivity index is 2.70. The number of hydrazine groups is 1. The van der Waals surface area contributed by atoms with Crippen molar-refractivity contribution in [2.24, 2.45) is 5.84 Å². The first kappa shape index (κ1) is 15.0. The molecular formula is C13H21F2N3. The molecule has 0 aliphatic carbocycles. The van der Waals surface area contributed by atoms with E-state index in [9.17, 15) is 8.78 Å². The van der Waals surface area contributed by atoms with Crippen molar-refractivity contribution >= 4 is 0 Å². The predicted octanol–water partition coefficient (Wildman–Crippen LogP) is 2.20. The SMILES string of the molecule is CCN(CC)CCC(NN)c1cc(F)cc(F)c1. The van der Waals surface area contributed by atoms with Crippen LogP contribution in [0.25, 0.3) is 0 Å². The average Bonchev–Trinajstić information content (AvgIpc) is 2.33. The van der Waals surface area contributed by atoms with Gasteiger partial charge in [0, 0.05) is 12.1 Å². The Kier molecular flexibility index (Phi) is 6.18. The zero-order valence-corrected chi connectivity index (χ0v) is 10.9. The molecule has 0 aromatic heterocycles. The van der Waals surface area contributed by atoms with E-state index < -0.39 is 11.6 Å². The highest BCUT2D eigenvalue weighted by molar-refractivity contribution is 5.21. The number of nitrogens with zero attached hydrogens (tertiary/aromatic N) is 1. The third-order valence-electron chi connectivity index (χ3n) is 3.12. The first-order valence-corrected chi connectivity index (χ1v) is 6.25. The largest absolute Gasteiger partial charge is 0.304 e. The Bertz CT molecular complexity index is 347. The van der Waals surface area contributed by atoms with Gasteiger partial charge in [-0.1, -0.05) is 13.8 Å². The molecule has 0 saturated carbocycles. The van der Waals surface area contributed by atoms with Crippen molar-refractivity contribution in [2.45, 2.75) is 26.3 Å². The van der Waals surface area contributed by atoms with E-state index in [0.717, 1.165) is 25.7 Å². The van der Waals surface area contributed by atoms with E-state index in [1.165, 1.54) is 12.1 Å². The molecule has 3 nitrogen and oxygen atoms in total. The zero-order chi connectivity index (χ0) is 13.5. The number of nitrogens with one attached hydrogen (secondary N) is 1. The Morgan fingerprint density at radius 1 is 1.17 bits per heavy atom. The maximum absolute atomic E-state index is 13.1. The lowest BCUT2D eigenvalue weighted by atomic mass is 10.0. The van der Waals surface area contributed by atoms with Crippen LogP contribution in [0, 0.1) is 11.6 Å². The van der Waals surface area contributed by atoms with E-state index in [0.29, 0.717) is 12.0 Å². The molecule has 102 valence electrons. The van der Waals surface area contributed by atoms with Gasteiger partial charge in [-0.25, -0.2) is 8.78 Å². The highest BCUT2D eigenvalue weighted by atomic mass is 19.1. The van der Waals surface area contributed by atoms with Crippen LogP contribution >= 0.6 is 0 Å². The van der Waals surface area contributed by atoms with Crippen LogP contribution in [-0.4, -0.2) is 24.5 Å². The van der Waals surface area contributed by atoms with Gasteiger partial charge < -0.3 is 4.90 Å². The molecule has 0 heterocycles. The molecule has 1 atom stereocenters. The molecule has 0 spiro atoms. The van der Waals surface area contributed by atoms with E-state index in [1.807, 2.05) is 0 Å². The molecule has 0 fully saturated rings. The second kappa shape index (κ2) is 7.41. The van der Waals surface area contributed by atoms with Crippen molar-refractivity contribution in [3.8, 4) is 0 Å². The normalized spacial score (nSPS) is 13.0. The van der Waals surface area contributed by atoms with Gasteiger partial charge in [-0.15, -0.1) is 0 Å². The first-order valence-electron chi connectivity index (χ1n) is 6.25. The minimum atomic E-state index is -0.576. The molecule has 1 aromatic rings. The summed E-state index contributed by atoms with van der Waals surface area (Å²) in [5, 5.41) is 0. The molecule has 1 aromatic carbocycles. The Hall–Kier alpha value is -1.04. The van der Waals surface area contributed by atoms with Gasteiger partial charge in [-0.2, -0.15) is 0 Å². The molecule has 1 unspecified atom stereocenters. The van der Waals surface area contributed by atoms with Crippen molar-refractivity contribution in [3.05, 3.63) is 35.4 Å². The summed E-state index contributed by atoms with van der Waals surface area (Å²) in [6, 6.07) is 3.25. The lowest BCUT2D eigenvalue weighted by Crippen LogP contribution is -2.32. The molecule has 0 aliphatic heterocycles. The summed E-state index contributed by atoms with van der Waals surface area (Å²) in [5.74, 6) is 4.31. The van der Waals surface area contributed by atoms with Crippen molar-refractivity contribution in [3.63, 3.8) is 0 Å². The van der Waals surface area contributed by atoms with Crippen LogP contribution in [0.2, 0.25) is 0 Å². The molecule has 1 rings (SSSR count). The highest BCUT2D eigenvalue weighted by Crippen LogP contribution is 2.19. The molecule has 0 saturated heterocycles. The van der Waals surface area contributed by atoms with Crippen LogP contribution in [-0.2, 0) is 0 Å². The lowest BCUT2D eigenvalue weighted by molar-refractivity contribution is 0.282. The van der Waals surface area contributed by atoms with Gasteiger partial charge in [0.1, 0.15) is 11.6 Å². The number of hydrogen-bond donors (Lipinski definition) is 2. The monoisotopic (exact) mass is 257 g/mol. The minimum Gasteiger partial charge on any atom is -0.304 e. The quantitative estimate of drug-likeness (QED) is 0.581. The topological polar surface area (TPSA) is 41.3 Å². The smallest absolute Gasteiger partial charge is 0.126 e. The van der Waals surface area contributed by atoms with Crippen molar-refractivity contribution in [1.82, 2.24) is 10.3 Å². The van der Waals surface area contributed by atoms with Crippen LogP contribution in [0.15, 0.2) is 18.2 Å². The van der Waals surface area contributed by atoms with Crippen LogP contribution in [0.1, 0.15) is 31.9 Å². The lowest BCUT2D eigenvalue weighted by Gasteiger charge is -2.22. The van der Waals surface area contributed by atoms with Crippen LogP contribution < -0.4 is 11.3 Å². The minimum absolute atomic E-state index is 0.240. The van der Waals surface area contributed by atoms with Crippen LogP contribution in [0.4, 0.5) is 8.78 Å². The van der Waals surface area contributed by atoms with Crippen molar-refractivity contribution in [2.75, 3.05) is 19.6 Å².